The number of hydrogen-bond acceptors (Lipinski definition) is 4. The van der Waals surface area contributed by atoms with Gasteiger partial charge in [-0.15, -0.1) is 0 Å². The average Bonchev–Trinajstić information content (AvgIpc) is 2.62. The van der Waals surface area contributed by atoms with Crippen molar-refractivity contribution in [2.75, 3.05) is 26.1 Å². The van der Waals surface area contributed by atoms with Crippen LogP contribution >= 0.6 is 0 Å². The van der Waals surface area contributed by atoms with Crippen molar-refractivity contribution in [3.63, 3.8) is 0 Å². The first-order valence-electron chi connectivity index (χ1n) is 8.29. The molecule has 0 aromatic heterocycles. The molecule has 0 aliphatic rings. The van der Waals surface area contributed by atoms with Gasteiger partial charge in [-0.2, -0.15) is 0 Å². The van der Waals surface area contributed by atoms with Crippen LogP contribution in [0, 0.1) is 6.92 Å². The lowest BCUT2D eigenvalue weighted by Gasteiger charge is -2.13. The highest BCUT2D eigenvalue weighted by Gasteiger charge is 2.13. The molecular formula is C20H25NO4. The van der Waals surface area contributed by atoms with E-state index >= 15 is 0 Å². The molecule has 1 amide bonds. The van der Waals surface area contributed by atoms with Crippen LogP contribution in [-0.2, 0) is 11.3 Å². The summed E-state index contributed by atoms with van der Waals surface area (Å²) in [7, 11) is 3.19. The standard InChI is InChI=1S/C20H25NO4/c1-5-10-25-13-16-12-15(7-9-18(16)23-3)20(22)21-17-11-14(2)6-8-19(17)24-4/h6-9,11-12H,5,10,13H2,1-4H3,(H,21,22). The van der Waals surface area contributed by atoms with Crippen LogP contribution in [0.1, 0.15) is 34.8 Å². The molecule has 2 aromatic carbocycles. The van der Waals surface area contributed by atoms with Gasteiger partial charge < -0.3 is 19.5 Å². The maximum atomic E-state index is 12.6. The molecule has 1 N–H and O–H groups in total. The minimum Gasteiger partial charge on any atom is -0.496 e. The Balaban J connectivity index is 2.21. The molecule has 2 aromatic rings. The fraction of sp³-hybridized carbons (Fsp3) is 0.350. The van der Waals surface area contributed by atoms with Crippen LogP contribution in [0.5, 0.6) is 11.5 Å². The molecule has 0 spiro atoms. The van der Waals surface area contributed by atoms with E-state index in [2.05, 4.69) is 12.2 Å². The molecule has 5 nitrogen and oxygen atoms in total. The number of nitrogens with one attached hydrogen (secondary N) is 1. The van der Waals surface area contributed by atoms with Crippen molar-refractivity contribution in [1.82, 2.24) is 0 Å². The minimum atomic E-state index is -0.205. The number of ether oxygens (including phenoxy) is 3. The van der Waals surface area contributed by atoms with Gasteiger partial charge in [0.15, 0.2) is 0 Å². The zero-order valence-electron chi connectivity index (χ0n) is 15.2. The van der Waals surface area contributed by atoms with Crippen LogP contribution in [0.25, 0.3) is 0 Å². The Hall–Kier alpha value is -2.53. The van der Waals surface area contributed by atoms with Gasteiger partial charge in [0.05, 0.1) is 26.5 Å². The van der Waals surface area contributed by atoms with Gasteiger partial charge in [0, 0.05) is 17.7 Å². The second-order valence-electron chi connectivity index (χ2n) is 5.74. The van der Waals surface area contributed by atoms with E-state index < -0.39 is 0 Å². The maximum Gasteiger partial charge on any atom is 0.255 e. The van der Waals surface area contributed by atoms with Gasteiger partial charge in [-0.25, -0.2) is 0 Å². The lowest BCUT2D eigenvalue weighted by Crippen LogP contribution is -2.13. The number of methoxy groups -OCH3 is 2. The van der Waals surface area contributed by atoms with Crippen LogP contribution in [-0.4, -0.2) is 26.7 Å². The molecule has 25 heavy (non-hydrogen) atoms. The number of carbonyl (C=O) groups excluding carboxylic acids is 1. The van der Waals surface area contributed by atoms with Crippen molar-refractivity contribution in [3.05, 3.63) is 53.1 Å². The highest BCUT2D eigenvalue weighted by atomic mass is 16.5. The predicted molar refractivity (Wildman–Crippen MR) is 98.6 cm³/mol. The lowest BCUT2D eigenvalue weighted by molar-refractivity contribution is 0.102. The van der Waals surface area contributed by atoms with Crippen molar-refractivity contribution >= 4 is 11.6 Å². The van der Waals surface area contributed by atoms with Gasteiger partial charge >= 0.3 is 0 Å². The highest BCUT2D eigenvalue weighted by Crippen LogP contribution is 2.27. The van der Waals surface area contributed by atoms with Crippen molar-refractivity contribution in [1.29, 1.82) is 0 Å². The molecule has 0 aliphatic carbocycles. The fourth-order valence-electron chi connectivity index (χ4n) is 2.47. The normalized spacial score (nSPS) is 10.4. The van der Waals surface area contributed by atoms with Crippen molar-refractivity contribution in [2.45, 2.75) is 26.9 Å². The highest BCUT2D eigenvalue weighted by molar-refractivity contribution is 6.05. The molecule has 0 radical (unpaired) electrons. The first-order chi connectivity index (χ1) is 12.1. The van der Waals surface area contributed by atoms with Gasteiger partial charge in [-0.1, -0.05) is 13.0 Å². The Kier molecular flexibility index (Phi) is 6.83. The lowest BCUT2D eigenvalue weighted by atomic mass is 10.1. The Morgan fingerprint density at radius 3 is 2.44 bits per heavy atom. The summed E-state index contributed by atoms with van der Waals surface area (Å²) >= 11 is 0. The van der Waals surface area contributed by atoms with Gasteiger partial charge in [0.1, 0.15) is 11.5 Å². The zero-order valence-corrected chi connectivity index (χ0v) is 15.2. The van der Waals surface area contributed by atoms with Crippen LogP contribution in [0.4, 0.5) is 5.69 Å². The molecule has 0 saturated heterocycles. The molecule has 134 valence electrons. The summed E-state index contributed by atoms with van der Waals surface area (Å²) in [6.45, 7) is 5.09. The van der Waals surface area contributed by atoms with Crippen LogP contribution < -0.4 is 14.8 Å². The van der Waals surface area contributed by atoms with Crippen LogP contribution in [0.15, 0.2) is 36.4 Å². The summed E-state index contributed by atoms with van der Waals surface area (Å²) in [5, 5.41) is 2.90. The molecular weight excluding hydrogens is 318 g/mol. The SMILES string of the molecule is CCCOCc1cc(C(=O)Nc2cc(C)ccc2OC)ccc1OC. The Morgan fingerprint density at radius 1 is 1.04 bits per heavy atom. The molecule has 0 unspecified atom stereocenters. The average molecular weight is 343 g/mol. The summed E-state index contributed by atoms with van der Waals surface area (Å²) in [4.78, 5) is 12.6. The third kappa shape index (κ3) is 4.97. The predicted octanol–water partition coefficient (Wildman–Crippen LogP) is 4.19. The molecule has 2 rings (SSSR count). The van der Waals surface area contributed by atoms with Crippen molar-refractivity contribution in [2.24, 2.45) is 0 Å². The second-order valence-corrected chi connectivity index (χ2v) is 5.74. The van der Waals surface area contributed by atoms with E-state index in [-0.39, 0.29) is 5.91 Å². The molecule has 0 heterocycles. The maximum absolute atomic E-state index is 12.6. The Labute approximate surface area is 148 Å². The molecule has 0 bridgehead atoms. The zero-order chi connectivity index (χ0) is 18.2. The topological polar surface area (TPSA) is 56.8 Å². The van der Waals surface area contributed by atoms with Gasteiger partial charge in [0.25, 0.3) is 5.91 Å². The van der Waals surface area contributed by atoms with Gasteiger partial charge in [-0.3, -0.25) is 4.79 Å². The third-order valence-electron chi connectivity index (χ3n) is 3.75. The van der Waals surface area contributed by atoms with E-state index in [0.717, 1.165) is 17.5 Å². The monoisotopic (exact) mass is 343 g/mol. The molecule has 0 saturated carbocycles. The first-order valence-corrected chi connectivity index (χ1v) is 8.29. The quantitative estimate of drug-likeness (QED) is 0.730. The Morgan fingerprint density at radius 2 is 1.76 bits per heavy atom. The minimum absolute atomic E-state index is 0.205. The number of hydrogen-bond donors (Lipinski definition) is 1. The summed E-state index contributed by atoms with van der Waals surface area (Å²) in [6.07, 6.45) is 0.940. The van der Waals surface area contributed by atoms with Gasteiger partial charge in [-0.05, 0) is 49.2 Å². The molecule has 0 aliphatic heterocycles. The van der Waals surface area contributed by atoms with E-state index in [9.17, 15) is 4.79 Å². The smallest absolute Gasteiger partial charge is 0.255 e. The summed E-state index contributed by atoms with van der Waals surface area (Å²) in [5.74, 6) is 1.13. The number of rotatable bonds is 8. The summed E-state index contributed by atoms with van der Waals surface area (Å²) < 4.78 is 16.2. The number of amides is 1. The second kappa shape index (κ2) is 9.08. The van der Waals surface area contributed by atoms with Gasteiger partial charge in [0.2, 0.25) is 0 Å². The fourth-order valence-corrected chi connectivity index (χ4v) is 2.47. The molecule has 0 fully saturated rings. The van der Waals surface area contributed by atoms with E-state index in [4.69, 9.17) is 14.2 Å². The number of aryl methyl sites for hydroxylation is 1. The van der Waals surface area contributed by atoms with Crippen LogP contribution in [0.2, 0.25) is 0 Å². The summed E-state index contributed by atoms with van der Waals surface area (Å²) in [5.41, 5.74) is 3.07. The molecule has 0 atom stereocenters. The van der Waals surface area contributed by atoms with E-state index in [1.54, 1.807) is 32.4 Å². The molecule has 5 heteroatoms. The number of carbonyl (C=O) groups is 1. The number of benzene rings is 2. The van der Waals surface area contributed by atoms with E-state index in [0.29, 0.717) is 36.0 Å². The van der Waals surface area contributed by atoms with Crippen molar-refractivity contribution in [3.8, 4) is 11.5 Å². The van der Waals surface area contributed by atoms with E-state index in [1.807, 2.05) is 25.1 Å². The van der Waals surface area contributed by atoms with E-state index in [1.165, 1.54) is 0 Å². The third-order valence-corrected chi connectivity index (χ3v) is 3.75. The first kappa shape index (κ1) is 18.8. The van der Waals surface area contributed by atoms with Crippen molar-refractivity contribution < 1.29 is 19.0 Å². The number of anilines is 1. The Bertz CT molecular complexity index is 728. The van der Waals surface area contributed by atoms with Crippen LogP contribution in [0.3, 0.4) is 0 Å². The largest absolute Gasteiger partial charge is 0.496 e. The summed E-state index contributed by atoms with van der Waals surface area (Å²) in [6, 6.07) is 11.0.